The van der Waals surface area contributed by atoms with Crippen LogP contribution >= 0.6 is 11.3 Å². The van der Waals surface area contributed by atoms with Crippen LogP contribution in [-0.4, -0.2) is 56.0 Å². The lowest BCUT2D eigenvalue weighted by molar-refractivity contribution is 0.352. The van der Waals surface area contributed by atoms with E-state index in [1.165, 1.54) is 4.88 Å². The predicted molar refractivity (Wildman–Crippen MR) is 103 cm³/mol. The van der Waals surface area contributed by atoms with E-state index in [0.717, 1.165) is 25.5 Å². The van der Waals surface area contributed by atoms with E-state index in [2.05, 4.69) is 34.7 Å². The van der Waals surface area contributed by atoms with Gasteiger partial charge in [-0.3, -0.25) is 4.99 Å². The third kappa shape index (κ3) is 4.72. The van der Waals surface area contributed by atoms with Crippen LogP contribution in [0, 0.1) is 5.92 Å². The summed E-state index contributed by atoms with van der Waals surface area (Å²) in [5.41, 5.74) is 0. The fourth-order valence-electron chi connectivity index (χ4n) is 2.83. The van der Waals surface area contributed by atoms with Crippen LogP contribution in [-0.2, 0) is 16.3 Å². The predicted octanol–water partition coefficient (Wildman–Crippen LogP) is 2.40. The van der Waals surface area contributed by atoms with Crippen LogP contribution in [0.15, 0.2) is 22.5 Å². The summed E-state index contributed by atoms with van der Waals surface area (Å²) in [6.45, 7) is 10.4. The maximum absolute atomic E-state index is 12.2. The molecule has 1 aromatic heterocycles. The van der Waals surface area contributed by atoms with E-state index in [9.17, 15) is 8.42 Å². The zero-order chi connectivity index (χ0) is 17.8. The zero-order valence-corrected chi connectivity index (χ0v) is 16.7. The van der Waals surface area contributed by atoms with Crippen LogP contribution in [0.2, 0.25) is 0 Å². The van der Waals surface area contributed by atoms with Gasteiger partial charge in [-0.2, -0.15) is 0 Å². The van der Waals surface area contributed by atoms with Gasteiger partial charge in [0.15, 0.2) is 15.8 Å². The summed E-state index contributed by atoms with van der Waals surface area (Å²) in [6, 6.07) is 4.24. The Kier molecular flexibility index (Phi) is 6.31. The molecule has 1 N–H and O–H groups in total. The average Bonchev–Trinajstić information content (AvgIpc) is 2.99. The Labute approximate surface area is 150 Å². The lowest BCUT2D eigenvalue weighted by Crippen LogP contribution is -2.57. The van der Waals surface area contributed by atoms with Crippen LogP contribution in [0.1, 0.15) is 32.6 Å². The van der Waals surface area contributed by atoms with E-state index in [-0.39, 0.29) is 5.75 Å². The maximum atomic E-state index is 12.2. The van der Waals surface area contributed by atoms with Gasteiger partial charge in [0.25, 0.3) is 0 Å². The van der Waals surface area contributed by atoms with E-state index in [0.29, 0.717) is 19.0 Å². The summed E-state index contributed by atoms with van der Waals surface area (Å²) in [6.07, 6.45) is 1.03. The van der Waals surface area contributed by atoms with E-state index in [4.69, 9.17) is 4.99 Å². The van der Waals surface area contributed by atoms with Gasteiger partial charge in [0.2, 0.25) is 0 Å². The van der Waals surface area contributed by atoms with Crippen molar-refractivity contribution in [2.75, 3.05) is 31.9 Å². The van der Waals surface area contributed by atoms with Crippen molar-refractivity contribution in [2.24, 2.45) is 10.9 Å². The fraction of sp³-hybridized carbons (Fsp3) is 0.706. The Hall–Kier alpha value is -1.08. The summed E-state index contributed by atoms with van der Waals surface area (Å²) in [7, 11) is -3.03. The highest BCUT2D eigenvalue weighted by Gasteiger charge is 2.40. The number of guanidine groups is 1. The molecule has 136 valence electrons. The van der Waals surface area contributed by atoms with E-state index in [1.54, 1.807) is 25.2 Å². The molecule has 0 amide bonds. The van der Waals surface area contributed by atoms with Crippen LogP contribution in [0.5, 0.6) is 0 Å². The molecule has 7 heteroatoms. The first-order valence-electron chi connectivity index (χ1n) is 8.53. The molecule has 2 heterocycles. The van der Waals surface area contributed by atoms with Gasteiger partial charge in [-0.25, -0.2) is 8.42 Å². The van der Waals surface area contributed by atoms with Crippen molar-refractivity contribution >= 4 is 27.1 Å². The maximum Gasteiger partial charge on any atom is 0.194 e. The van der Waals surface area contributed by atoms with Gasteiger partial charge >= 0.3 is 0 Å². The number of sulfone groups is 1. The monoisotopic (exact) mass is 371 g/mol. The summed E-state index contributed by atoms with van der Waals surface area (Å²) >= 11 is 1.78. The summed E-state index contributed by atoms with van der Waals surface area (Å²) < 4.78 is 23.6. The number of thiophene rings is 1. The van der Waals surface area contributed by atoms with Crippen molar-refractivity contribution in [1.29, 1.82) is 0 Å². The van der Waals surface area contributed by atoms with Gasteiger partial charge in [-0.1, -0.05) is 13.0 Å². The van der Waals surface area contributed by atoms with Crippen molar-refractivity contribution in [2.45, 2.75) is 38.9 Å². The van der Waals surface area contributed by atoms with Crippen LogP contribution < -0.4 is 5.32 Å². The first kappa shape index (κ1) is 19.2. The molecular formula is C17H29N3O2S2. The van der Waals surface area contributed by atoms with Gasteiger partial charge in [0.1, 0.15) is 0 Å². The van der Waals surface area contributed by atoms with Gasteiger partial charge < -0.3 is 10.2 Å². The second-order valence-corrected chi connectivity index (χ2v) is 10.9. The topological polar surface area (TPSA) is 61.8 Å². The van der Waals surface area contributed by atoms with E-state index in [1.807, 2.05) is 6.92 Å². The Morgan fingerprint density at radius 2 is 2.25 bits per heavy atom. The highest BCUT2D eigenvalue weighted by Crippen LogP contribution is 2.24. The molecule has 1 aliphatic heterocycles. The van der Waals surface area contributed by atoms with E-state index >= 15 is 0 Å². The van der Waals surface area contributed by atoms with Crippen LogP contribution in [0.25, 0.3) is 0 Å². The smallest absolute Gasteiger partial charge is 0.194 e. The number of nitrogens with zero attached hydrogens (tertiary/aromatic N) is 2. The molecule has 1 atom stereocenters. The highest BCUT2D eigenvalue weighted by atomic mass is 32.2. The Bertz CT molecular complexity index is 651. The molecule has 1 fully saturated rings. The van der Waals surface area contributed by atoms with Crippen molar-refractivity contribution in [3.8, 4) is 0 Å². The molecule has 1 aliphatic rings. The van der Waals surface area contributed by atoms with Crippen LogP contribution in [0.3, 0.4) is 0 Å². The Balaban J connectivity index is 2.03. The molecule has 1 aromatic rings. The van der Waals surface area contributed by atoms with Crippen molar-refractivity contribution in [3.63, 3.8) is 0 Å². The minimum absolute atomic E-state index is 0.190. The number of rotatable bonds is 5. The number of aliphatic imine (C=N–C) groups is 1. The van der Waals surface area contributed by atoms with Crippen molar-refractivity contribution < 1.29 is 8.42 Å². The molecule has 5 nitrogen and oxygen atoms in total. The summed E-state index contributed by atoms with van der Waals surface area (Å²) in [5.74, 6) is 1.48. The molecule has 0 bridgehead atoms. The molecule has 0 spiro atoms. The second-order valence-electron chi connectivity index (χ2n) is 7.08. The Morgan fingerprint density at radius 3 is 2.83 bits per heavy atom. The molecule has 1 saturated heterocycles. The zero-order valence-electron chi connectivity index (χ0n) is 15.1. The second kappa shape index (κ2) is 7.87. The minimum Gasteiger partial charge on any atom is -0.357 e. The number of nitrogens with one attached hydrogen (secondary N) is 1. The Morgan fingerprint density at radius 1 is 1.50 bits per heavy atom. The van der Waals surface area contributed by atoms with Crippen molar-refractivity contribution in [1.82, 2.24) is 10.2 Å². The lowest BCUT2D eigenvalue weighted by Gasteiger charge is -2.39. The average molecular weight is 372 g/mol. The van der Waals surface area contributed by atoms with Crippen LogP contribution in [0.4, 0.5) is 0 Å². The molecule has 0 radical (unpaired) electrons. The SMILES string of the molecule is CCNC(=NCC(C)Cc1cccs1)N1CCS(=O)(=O)C(C)(C)C1. The molecule has 0 aliphatic carbocycles. The first-order chi connectivity index (χ1) is 11.2. The molecule has 24 heavy (non-hydrogen) atoms. The molecular weight excluding hydrogens is 342 g/mol. The third-order valence-corrected chi connectivity index (χ3v) is 7.79. The van der Waals surface area contributed by atoms with Gasteiger partial charge in [0.05, 0.1) is 10.5 Å². The first-order valence-corrected chi connectivity index (χ1v) is 11.1. The minimum atomic E-state index is -3.03. The summed E-state index contributed by atoms with van der Waals surface area (Å²) in [4.78, 5) is 8.24. The molecule has 2 rings (SSSR count). The number of hydrogen-bond acceptors (Lipinski definition) is 4. The quantitative estimate of drug-likeness (QED) is 0.638. The van der Waals surface area contributed by atoms with Gasteiger partial charge in [0, 0.05) is 31.1 Å². The molecule has 1 unspecified atom stereocenters. The number of hydrogen-bond donors (Lipinski definition) is 1. The van der Waals surface area contributed by atoms with E-state index < -0.39 is 14.6 Å². The largest absolute Gasteiger partial charge is 0.357 e. The molecule has 0 saturated carbocycles. The van der Waals surface area contributed by atoms with Crippen molar-refractivity contribution in [3.05, 3.63) is 22.4 Å². The highest BCUT2D eigenvalue weighted by molar-refractivity contribution is 7.92. The van der Waals surface area contributed by atoms with Gasteiger partial charge in [-0.05, 0) is 44.6 Å². The summed E-state index contributed by atoms with van der Waals surface area (Å²) in [5, 5.41) is 5.42. The normalized spacial score (nSPS) is 21.5. The lowest BCUT2D eigenvalue weighted by atomic mass is 10.1. The van der Waals surface area contributed by atoms with Gasteiger partial charge in [-0.15, -0.1) is 11.3 Å². The molecule has 0 aromatic carbocycles. The standard InChI is InChI=1S/C17H29N3O2S2/c1-5-18-16(19-12-14(2)11-15-7-6-9-23-15)20-8-10-24(21,22)17(3,4)13-20/h6-7,9,14H,5,8,10-13H2,1-4H3,(H,18,19). The fourth-order valence-corrected chi connectivity index (χ4v) is 5.07. The third-order valence-electron chi connectivity index (χ3n) is 4.36.